The second-order valence-electron chi connectivity index (χ2n) is 9.06. The molecule has 0 radical (unpaired) electrons. The topological polar surface area (TPSA) is 85.7 Å². The van der Waals surface area contributed by atoms with Crippen molar-refractivity contribution in [2.45, 2.75) is 62.8 Å². The van der Waals surface area contributed by atoms with Gasteiger partial charge >= 0.3 is 0 Å². The molecule has 5 N–H and O–H groups in total. The number of hydrogen-bond acceptors (Lipinski definition) is 4. The van der Waals surface area contributed by atoms with Gasteiger partial charge in [0.1, 0.15) is 24.3 Å². The molecule has 2 amide bonds. The summed E-state index contributed by atoms with van der Waals surface area (Å²) in [5.74, 6) is 0.420. The lowest BCUT2D eigenvalue weighted by molar-refractivity contribution is -0.928. The molecular weight excluding hydrogens is 356 g/mol. The smallest absolute Gasteiger partial charge is 0.243 e. The van der Waals surface area contributed by atoms with E-state index in [2.05, 4.69) is 32.8 Å². The fourth-order valence-electron chi connectivity index (χ4n) is 5.61. The number of quaternary nitrogens is 2. The zero-order valence-corrected chi connectivity index (χ0v) is 17.3. The van der Waals surface area contributed by atoms with Crippen LogP contribution in [-0.2, 0) is 9.59 Å². The Labute approximate surface area is 168 Å². The van der Waals surface area contributed by atoms with Crippen LogP contribution in [0.3, 0.4) is 0 Å². The largest absolute Gasteiger partial charge is 0.349 e. The number of amides is 2. The molecule has 4 aliphatic heterocycles. The summed E-state index contributed by atoms with van der Waals surface area (Å²) in [7, 11) is 2.19. The van der Waals surface area contributed by atoms with E-state index in [0.29, 0.717) is 31.2 Å². The molecule has 0 aliphatic carbocycles. The maximum atomic E-state index is 12.8. The SMILES string of the molecule is C[NH+]1[C@@H](CCC(=O)N2CCN(C3CCCC[NH2+]3)CC2)CNC(=O)[C@H]2NCC[C@@H]21. The number of piperidine rings is 1. The highest BCUT2D eigenvalue weighted by atomic mass is 16.2. The predicted octanol–water partition coefficient (Wildman–Crippen LogP) is -3.27. The molecule has 5 atom stereocenters. The zero-order chi connectivity index (χ0) is 19.5. The fourth-order valence-corrected chi connectivity index (χ4v) is 5.61. The molecule has 8 nitrogen and oxygen atoms in total. The number of nitrogens with two attached hydrogens (primary N) is 1. The van der Waals surface area contributed by atoms with Gasteiger partial charge in [0, 0.05) is 58.4 Å². The molecule has 4 heterocycles. The van der Waals surface area contributed by atoms with Crippen LogP contribution in [0.4, 0.5) is 0 Å². The molecule has 2 unspecified atom stereocenters. The number of nitrogens with zero attached hydrogens (tertiary/aromatic N) is 2. The lowest BCUT2D eigenvalue weighted by Gasteiger charge is -2.39. The third kappa shape index (κ3) is 4.35. The van der Waals surface area contributed by atoms with Gasteiger partial charge < -0.3 is 25.8 Å². The van der Waals surface area contributed by atoms with Crippen LogP contribution in [0.25, 0.3) is 0 Å². The maximum Gasteiger partial charge on any atom is 0.243 e. The Morgan fingerprint density at radius 2 is 2.04 bits per heavy atom. The van der Waals surface area contributed by atoms with Gasteiger partial charge in [-0.15, -0.1) is 0 Å². The van der Waals surface area contributed by atoms with Crippen molar-refractivity contribution in [3.05, 3.63) is 0 Å². The number of rotatable bonds is 4. The number of piperazine rings is 1. The van der Waals surface area contributed by atoms with Crippen LogP contribution in [-0.4, -0.2) is 98.8 Å². The highest BCUT2D eigenvalue weighted by Gasteiger charge is 2.43. The van der Waals surface area contributed by atoms with Crippen molar-refractivity contribution >= 4 is 11.8 Å². The van der Waals surface area contributed by atoms with E-state index in [0.717, 1.165) is 45.6 Å². The minimum Gasteiger partial charge on any atom is -0.349 e. The van der Waals surface area contributed by atoms with Crippen molar-refractivity contribution < 1.29 is 19.8 Å². The first-order valence-electron chi connectivity index (χ1n) is 11.3. The van der Waals surface area contributed by atoms with Gasteiger partial charge in [0.2, 0.25) is 11.8 Å². The van der Waals surface area contributed by atoms with Crippen LogP contribution >= 0.6 is 0 Å². The van der Waals surface area contributed by atoms with Crippen molar-refractivity contribution in [1.29, 1.82) is 0 Å². The molecule has 4 fully saturated rings. The van der Waals surface area contributed by atoms with E-state index in [1.54, 1.807) is 0 Å². The van der Waals surface area contributed by atoms with E-state index < -0.39 is 0 Å². The number of hydrogen-bond donors (Lipinski definition) is 4. The Morgan fingerprint density at radius 1 is 1.21 bits per heavy atom. The summed E-state index contributed by atoms with van der Waals surface area (Å²) in [4.78, 5) is 31.1. The summed E-state index contributed by atoms with van der Waals surface area (Å²) < 4.78 is 0. The molecule has 28 heavy (non-hydrogen) atoms. The summed E-state index contributed by atoms with van der Waals surface area (Å²) in [6.45, 7) is 6.57. The molecule has 8 heteroatoms. The molecule has 0 spiro atoms. The minimum absolute atomic E-state index is 0.0645. The first kappa shape index (κ1) is 20.1. The molecule has 158 valence electrons. The summed E-state index contributed by atoms with van der Waals surface area (Å²) in [6, 6.07) is 0.587. The Kier molecular flexibility index (Phi) is 6.50. The van der Waals surface area contributed by atoms with E-state index in [-0.39, 0.29) is 17.9 Å². The van der Waals surface area contributed by atoms with Gasteiger partial charge in [-0.2, -0.15) is 0 Å². The van der Waals surface area contributed by atoms with Crippen LogP contribution in [0.2, 0.25) is 0 Å². The highest BCUT2D eigenvalue weighted by Crippen LogP contribution is 2.13. The van der Waals surface area contributed by atoms with Crippen molar-refractivity contribution in [2.75, 3.05) is 52.9 Å². The average Bonchev–Trinajstić information content (AvgIpc) is 3.20. The molecule has 0 bridgehead atoms. The summed E-state index contributed by atoms with van der Waals surface area (Å²) in [6.07, 6.45) is 7.08. The van der Waals surface area contributed by atoms with E-state index in [9.17, 15) is 9.59 Å². The molecule has 4 rings (SSSR count). The lowest BCUT2D eigenvalue weighted by atomic mass is 10.0. The van der Waals surface area contributed by atoms with Crippen LogP contribution in [0, 0.1) is 0 Å². The number of carbonyl (C=O) groups excluding carboxylic acids is 2. The fraction of sp³-hybridized carbons (Fsp3) is 0.900. The molecule has 0 aromatic heterocycles. The summed E-state index contributed by atoms with van der Waals surface area (Å²) in [5, 5.41) is 8.89. The van der Waals surface area contributed by atoms with Gasteiger partial charge in [0.25, 0.3) is 0 Å². The highest BCUT2D eigenvalue weighted by molar-refractivity contribution is 5.83. The number of fused-ring (bicyclic) bond motifs is 1. The second-order valence-corrected chi connectivity index (χ2v) is 9.06. The molecule has 0 aromatic carbocycles. The van der Waals surface area contributed by atoms with Gasteiger partial charge in [0.05, 0.1) is 20.1 Å². The maximum absolute atomic E-state index is 12.8. The van der Waals surface area contributed by atoms with Crippen LogP contribution in [0.1, 0.15) is 38.5 Å². The number of carbonyl (C=O) groups is 2. The lowest BCUT2D eigenvalue weighted by Crippen LogP contribution is -3.18. The van der Waals surface area contributed by atoms with Crippen molar-refractivity contribution in [2.24, 2.45) is 0 Å². The predicted molar refractivity (Wildman–Crippen MR) is 106 cm³/mol. The van der Waals surface area contributed by atoms with Gasteiger partial charge in [-0.3, -0.25) is 14.5 Å². The molecule has 4 saturated heterocycles. The first-order valence-corrected chi connectivity index (χ1v) is 11.3. The Bertz CT molecular complexity index is 559. The second kappa shape index (κ2) is 9.07. The van der Waals surface area contributed by atoms with Gasteiger partial charge in [-0.05, 0) is 12.8 Å². The standard InChI is InChI=1S/C20H36N6O2/c1-24-15(14-23-20(28)19-16(24)7-9-22-19)5-6-18(27)26-12-10-25(11-13-26)17-4-2-3-8-21-17/h15-17,19,21-22H,2-14H2,1H3,(H,23,28)/p+2/t15-,16-,17?,19-/m0/s1. The number of likely N-dealkylation sites (N-methyl/N-ethyl adjacent to an activating group) is 1. The van der Waals surface area contributed by atoms with E-state index >= 15 is 0 Å². The Hall–Kier alpha value is -1.22. The Balaban J connectivity index is 1.23. The van der Waals surface area contributed by atoms with Gasteiger partial charge in [-0.1, -0.05) is 0 Å². The molecular formula is C20H38N6O2+2. The van der Waals surface area contributed by atoms with E-state index in [1.807, 2.05) is 0 Å². The molecule has 4 aliphatic rings. The zero-order valence-electron chi connectivity index (χ0n) is 17.3. The van der Waals surface area contributed by atoms with Crippen LogP contribution < -0.4 is 20.9 Å². The Morgan fingerprint density at radius 3 is 2.79 bits per heavy atom. The van der Waals surface area contributed by atoms with E-state index in [4.69, 9.17) is 0 Å². The summed E-state index contributed by atoms with van der Waals surface area (Å²) in [5.41, 5.74) is 0. The number of nitrogens with one attached hydrogen (secondary N) is 3. The monoisotopic (exact) mass is 394 g/mol. The molecule has 0 saturated carbocycles. The average molecular weight is 395 g/mol. The normalized spacial score (nSPS) is 37.2. The van der Waals surface area contributed by atoms with Crippen LogP contribution in [0.15, 0.2) is 0 Å². The minimum atomic E-state index is -0.0645. The van der Waals surface area contributed by atoms with Crippen LogP contribution in [0.5, 0.6) is 0 Å². The van der Waals surface area contributed by atoms with Crippen molar-refractivity contribution in [1.82, 2.24) is 20.4 Å². The quantitative estimate of drug-likeness (QED) is 0.403. The summed E-state index contributed by atoms with van der Waals surface area (Å²) >= 11 is 0. The molecule has 0 aromatic rings. The van der Waals surface area contributed by atoms with Crippen molar-refractivity contribution in [3.8, 4) is 0 Å². The van der Waals surface area contributed by atoms with E-state index in [1.165, 1.54) is 30.7 Å². The third-order valence-corrected chi connectivity index (χ3v) is 7.49. The third-order valence-electron chi connectivity index (χ3n) is 7.49. The van der Waals surface area contributed by atoms with Gasteiger partial charge in [-0.25, -0.2) is 0 Å². The van der Waals surface area contributed by atoms with Crippen molar-refractivity contribution in [3.63, 3.8) is 0 Å². The first-order chi connectivity index (χ1) is 13.6. The van der Waals surface area contributed by atoms with Gasteiger partial charge in [0.15, 0.2) is 0 Å².